The van der Waals surface area contributed by atoms with Gasteiger partial charge in [0.1, 0.15) is 5.75 Å². The Morgan fingerprint density at radius 1 is 1.25 bits per heavy atom. The van der Waals surface area contributed by atoms with Crippen molar-refractivity contribution in [3.8, 4) is 5.75 Å². The van der Waals surface area contributed by atoms with E-state index in [9.17, 15) is 9.59 Å². The second-order valence-electron chi connectivity index (χ2n) is 6.49. The van der Waals surface area contributed by atoms with Crippen LogP contribution in [0.3, 0.4) is 0 Å². The van der Waals surface area contributed by atoms with E-state index in [0.29, 0.717) is 18.0 Å². The predicted octanol–water partition coefficient (Wildman–Crippen LogP) is 1.79. The van der Waals surface area contributed by atoms with Crippen molar-refractivity contribution in [1.29, 1.82) is 0 Å². The molecule has 1 aromatic rings. The number of hydrogen-bond acceptors (Lipinski definition) is 4. The summed E-state index contributed by atoms with van der Waals surface area (Å²) in [6.07, 6.45) is 2.25. The van der Waals surface area contributed by atoms with Crippen molar-refractivity contribution in [3.63, 3.8) is 0 Å². The van der Waals surface area contributed by atoms with Crippen LogP contribution in [0.2, 0.25) is 0 Å². The van der Waals surface area contributed by atoms with E-state index in [1.54, 1.807) is 13.2 Å². The quantitative estimate of drug-likeness (QED) is 0.833. The summed E-state index contributed by atoms with van der Waals surface area (Å²) >= 11 is 0. The molecule has 0 unspecified atom stereocenters. The third kappa shape index (κ3) is 5.53. The molecule has 132 valence electrons. The van der Waals surface area contributed by atoms with Crippen LogP contribution in [-0.4, -0.2) is 50.0 Å². The molecule has 1 saturated heterocycles. The van der Waals surface area contributed by atoms with E-state index in [2.05, 4.69) is 22.5 Å². The van der Waals surface area contributed by atoms with Gasteiger partial charge in [-0.3, -0.25) is 14.5 Å². The first-order valence-electron chi connectivity index (χ1n) is 8.41. The molecule has 2 N–H and O–H groups in total. The van der Waals surface area contributed by atoms with Crippen LogP contribution in [0.1, 0.15) is 25.3 Å². The van der Waals surface area contributed by atoms with Crippen LogP contribution in [0.4, 0.5) is 5.69 Å². The van der Waals surface area contributed by atoms with Crippen molar-refractivity contribution in [2.45, 2.75) is 26.7 Å². The summed E-state index contributed by atoms with van der Waals surface area (Å²) in [6.45, 7) is 6.38. The molecule has 0 spiro atoms. The minimum absolute atomic E-state index is 0.0415. The second-order valence-corrected chi connectivity index (χ2v) is 6.49. The summed E-state index contributed by atoms with van der Waals surface area (Å²) in [5.74, 6) is 0.956. The Hall–Kier alpha value is -2.08. The van der Waals surface area contributed by atoms with Crippen molar-refractivity contribution < 1.29 is 14.3 Å². The van der Waals surface area contributed by atoms with Gasteiger partial charge >= 0.3 is 0 Å². The lowest BCUT2D eigenvalue weighted by atomic mass is 9.99. The number of ether oxygens (including phenoxy) is 1. The SMILES string of the molecule is COc1ccc(C)cc1NC(=O)CNC(=O)CN1CCC(C)CC1. The molecule has 2 rings (SSSR count). The molecule has 0 bridgehead atoms. The van der Waals surface area contributed by atoms with Crippen LogP contribution in [0.15, 0.2) is 18.2 Å². The van der Waals surface area contributed by atoms with Gasteiger partial charge in [-0.15, -0.1) is 0 Å². The lowest BCUT2D eigenvalue weighted by Gasteiger charge is -2.29. The van der Waals surface area contributed by atoms with Crippen molar-refractivity contribution >= 4 is 17.5 Å². The van der Waals surface area contributed by atoms with Gasteiger partial charge in [0.05, 0.1) is 25.9 Å². The Morgan fingerprint density at radius 3 is 2.62 bits per heavy atom. The van der Waals surface area contributed by atoms with Crippen LogP contribution >= 0.6 is 0 Å². The number of hydrogen-bond donors (Lipinski definition) is 2. The summed E-state index contributed by atoms with van der Waals surface area (Å²) in [7, 11) is 1.56. The van der Waals surface area contributed by atoms with Gasteiger partial charge in [-0.1, -0.05) is 13.0 Å². The molecule has 0 radical (unpaired) electrons. The molecule has 1 heterocycles. The number of nitrogens with zero attached hydrogens (tertiary/aromatic N) is 1. The van der Waals surface area contributed by atoms with E-state index in [0.717, 1.165) is 37.4 Å². The van der Waals surface area contributed by atoms with Gasteiger partial charge in [0.2, 0.25) is 11.8 Å². The van der Waals surface area contributed by atoms with E-state index in [1.165, 1.54) is 0 Å². The number of benzene rings is 1. The summed E-state index contributed by atoms with van der Waals surface area (Å²) in [4.78, 5) is 26.1. The molecule has 0 aliphatic carbocycles. The van der Waals surface area contributed by atoms with Gasteiger partial charge in [-0.2, -0.15) is 0 Å². The van der Waals surface area contributed by atoms with E-state index in [-0.39, 0.29) is 18.4 Å². The van der Waals surface area contributed by atoms with Crippen LogP contribution in [0.5, 0.6) is 5.75 Å². The molecule has 2 amide bonds. The fourth-order valence-corrected chi connectivity index (χ4v) is 2.77. The highest BCUT2D eigenvalue weighted by atomic mass is 16.5. The Balaban J connectivity index is 1.76. The van der Waals surface area contributed by atoms with Gasteiger partial charge in [0.25, 0.3) is 0 Å². The molecule has 6 nitrogen and oxygen atoms in total. The molecule has 0 saturated carbocycles. The van der Waals surface area contributed by atoms with Crippen molar-refractivity contribution in [2.24, 2.45) is 5.92 Å². The minimum atomic E-state index is -0.264. The topological polar surface area (TPSA) is 70.7 Å². The monoisotopic (exact) mass is 333 g/mol. The van der Waals surface area contributed by atoms with Crippen LogP contribution in [0.25, 0.3) is 0 Å². The summed E-state index contributed by atoms with van der Waals surface area (Å²) in [5.41, 5.74) is 1.64. The van der Waals surface area contributed by atoms with Gasteiger partial charge in [-0.25, -0.2) is 0 Å². The molecule has 1 aliphatic rings. The number of rotatable bonds is 6. The van der Waals surface area contributed by atoms with E-state index >= 15 is 0 Å². The number of amides is 2. The number of carbonyl (C=O) groups is 2. The maximum atomic E-state index is 12.0. The first kappa shape index (κ1) is 18.3. The molecule has 24 heavy (non-hydrogen) atoms. The zero-order chi connectivity index (χ0) is 17.5. The largest absolute Gasteiger partial charge is 0.495 e. The first-order chi connectivity index (χ1) is 11.5. The molecular formula is C18H27N3O3. The molecule has 1 fully saturated rings. The lowest BCUT2D eigenvalue weighted by molar-refractivity contribution is -0.125. The Morgan fingerprint density at radius 2 is 1.96 bits per heavy atom. The van der Waals surface area contributed by atoms with Crippen LogP contribution in [-0.2, 0) is 9.59 Å². The number of carbonyl (C=O) groups excluding carboxylic acids is 2. The molecule has 6 heteroatoms. The van der Waals surface area contributed by atoms with Crippen LogP contribution < -0.4 is 15.4 Å². The minimum Gasteiger partial charge on any atom is -0.495 e. The lowest BCUT2D eigenvalue weighted by Crippen LogP contribution is -2.43. The van der Waals surface area contributed by atoms with Gasteiger partial charge in [0.15, 0.2) is 0 Å². The highest BCUT2D eigenvalue weighted by molar-refractivity contribution is 5.96. The maximum Gasteiger partial charge on any atom is 0.243 e. The summed E-state index contributed by atoms with van der Waals surface area (Å²) in [5, 5.41) is 5.45. The Bertz CT molecular complexity index is 581. The number of likely N-dealkylation sites (tertiary alicyclic amines) is 1. The van der Waals surface area contributed by atoms with Crippen molar-refractivity contribution in [3.05, 3.63) is 23.8 Å². The van der Waals surface area contributed by atoms with Gasteiger partial charge < -0.3 is 15.4 Å². The molecule has 0 aromatic heterocycles. The second kappa shape index (κ2) is 8.68. The van der Waals surface area contributed by atoms with Gasteiger partial charge in [0, 0.05) is 0 Å². The average molecular weight is 333 g/mol. The van der Waals surface area contributed by atoms with E-state index in [4.69, 9.17) is 4.74 Å². The standard InChI is InChI=1S/C18H27N3O3/c1-13-6-8-21(9-7-13)12-18(23)19-11-17(22)20-15-10-14(2)4-5-16(15)24-3/h4-5,10,13H,6-9,11-12H2,1-3H3,(H,19,23)(H,20,22). The Kier molecular flexibility index (Phi) is 6.61. The first-order valence-corrected chi connectivity index (χ1v) is 8.41. The molecular weight excluding hydrogens is 306 g/mol. The zero-order valence-electron chi connectivity index (χ0n) is 14.7. The molecule has 0 atom stereocenters. The van der Waals surface area contributed by atoms with Crippen LogP contribution in [0, 0.1) is 12.8 Å². The van der Waals surface area contributed by atoms with E-state index < -0.39 is 0 Å². The summed E-state index contributed by atoms with van der Waals surface area (Å²) in [6, 6.07) is 5.56. The number of piperidine rings is 1. The normalized spacial score (nSPS) is 15.8. The number of nitrogens with one attached hydrogen (secondary N) is 2. The van der Waals surface area contributed by atoms with Gasteiger partial charge in [-0.05, 0) is 56.5 Å². The predicted molar refractivity (Wildman–Crippen MR) is 94.2 cm³/mol. The third-order valence-corrected chi connectivity index (χ3v) is 4.32. The fourth-order valence-electron chi connectivity index (χ4n) is 2.77. The Labute approximate surface area is 143 Å². The smallest absolute Gasteiger partial charge is 0.243 e. The highest BCUT2D eigenvalue weighted by Crippen LogP contribution is 2.24. The van der Waals surface area contributed by atoms with Crippen molar-refractivity contribution in [2.75, 3.05) is 38.6 Å². The molecule has 1 aromatic carbocycles. The van der Waals surface area contributed by atoms with Crippen molar-refractivity contribution in [1.82, 2.24) is 10.2 Å². The third-order valence-electron chi connectivity index (χ3n) is 4.32. The highest BCUT2D eigenvalue weighted by Gasteiger charge is 2.18. The summed E-state index contributed by atoms with van der Waals surface area (Å²) < 4.78 is 5.23. The fraction of sp³-hybridized carbons (Fsp3) is 0.556. The average Bonchev–Trinajstić information content (AvgIpc) is 2.55. The number of anilines is 1. The zero-order valence-corrected chi connectivity index (χ0v) is 14.7. The maximum absolute atomic E-state index is 12.0. The molecule has 1 aliphatic heterocycles. The van der Waals surface area contributed by atoms with E-state index in [1.807, 2.05) is 19.1 Å². The number of methoxy groups -OCH3 is 1. The number of aryl methyl sites for hydroxylation is 1.